The van der Waals surface area contributed by atoms with Crippen molar-refractivity contribution in [1.82, 2.24) is 15.2 Å². The van der Waals surface area contributed by atoms with Crippen LogP contribution in [0.4, 0.5) is 4.39 Å². The highest BCUT2D eigenvalue weighted by Crippen LogP contribution is 2.35. The molecule has 0 aliphatic heterocycles. The number of thiophene rings is 1. The summed E-state index contributed by atoms with van der Waals surface area (Å²) in [7, 11) is 0. The lowest BCUT2D eigenvalue weighted by Crippen LogP contribution is -2.13. The molecule has 0 fully saturated rings. The summed E-state index contributed by atoms with van der Waals surface area (Å²) >= 11 is 2.81. The van der Waals surface area contributed by atoms with Crippen molar-refractivity contribution in [1.29, 1.82) is 0 Å². The molecule has 1 amide bonds. The van der Waals surface area contributed by atoms with Gasteiger partial charge in [0.25, 0.3) is 0 Å². The van der Waals surface area contributed by atoms with Crippen molar-refractivity contribution in [3.05, 3.63) is 51.7 Å². The maximum absolute atomic E-state index is 14.9. The molecule has 0 aliphatic rings. The molecule has 0 saturated heterocycles. The summed E-state index contributed by atoms with van der Waals surface area (Å²) in [5.74, 6) is -0.336. The molecule has 3 aromatic heterocycles. The average Bonchev–Trinajstić information content (AvgIpc) is 3.28. The number of benzene rings is 1. The van der Waals surface area contributed by atoms with Crippen molar-refractivity contribution < 1.29 is 13.6 Å². The zero-order valence-corrected chi connectivity index (χ0v) is 15.3. The van der Waals surface area contributed by atoms with Gasteiger partial charge in [0.05, 0.1) is 16.6 Å². The van der Waals surface area contributed by atoms with E-state index in [2.05, 4.69) is 15.2 Å². The monoisotopic (exact) mass is 388 g/mol. The number of fused-ring (bicyclic) bond motifs is 1. The molecule has 0 unspecified atom stereocenters. The number of thiazole rings is 1. The molecule has 0 spiro atoms. The topological polar surface area (TPSA) is 94.9 Å². The minimum Gasteiger partial charge on any atom is -0.424 e. The summed E-state index contributed by atoms with van der Waals surface area (Å²) in [4.78, 5) is 17.4. The molecule has 0 radical (unpaired) electrons. The van der Waals surface area contributed by atoms with Crippen molar-refractivity contribution in [3.8, 4) is 10.4 Å². The van der Waals surface area contributed by atoms with Crippen molar-refractivity contribution >= 4 is 38.8 Å². The van der Waals surface area contributed by atoms with Gasteiger partial charge >= 0.3 is 0 Å². The van der Waals surface area contributed by atoms with Gasteiger partial charge in [-0.05, 0) is 31.2 Å². The molecule has 26 heavy (non-hydrogen) atoms. The molecule has 0 aliphatic carbocycles. The fourth-order valence-corrected chi connectivity index (χ4v) is 4.44. The van der Waals surface area contributed by atoms with Crippen LogP contribution in [0.15, 0.2) is 28.7 Å². The van der Waals surface area contributed by atoms with Crippen LogP contribution >= 0.6 is 22.7 Å². The first-order chi connectivity index (χ1) is 12.5. The van der Waals surface area contributed by atoms with Gasteiger partial charge in [-0.1, -0.05) is 0 Å². The van der Waals surface area contributed by atoms with Crippen molar-refractivity contribution in [3.63, 3.8) is 0 Å². The number of carbonyl (C=O) groups is 1. The summed E-state index contributed by atoms with van der Waals surface area (Å²) in [5.41, 5.74) is 6.27. The predicted molar refractivity (Wildman–Crippen MR) is 97.6 cm³/mol. The second-order valence-corrected chi connectivity index (χ2v) is 8.07. The third kappa shape index (κ3) is 3.23. The molecular weight excluding hydrogens is 375 g/mol. The molecular formula is C17H13FN4O2S2. The smallest absolute Gasteiger partial charge is 0.226 e. The van der Waals surface area contributed by atoms with Crippen LogP contribution in [-0.4, -0.2) is 21.1 Å². The van der Waals surface area contributed by atoms with Gasteiger partial charge in [-0.2, -0.15) is 0 Å². The van der Waals surface area contributed by atoms with E-state index >= 15 is 0 Å². The lowest BCUT2D eigenvalue weighted by atomic mass is 10.1. The number of rotatable bonds is 5. The first kappa shape index (κ1) is 16.8. The number of carbonyl (C=O) groups excluding carboxylic acids is 1. The minimum absolute atomic E-state index is 0.106. The molecule has 4 rings (SSSR count). The Morgan fingerprint density at radius 3 is 2.73 bits per heavy atom. The Kier molecular flexibility index (Phi) is 4.25. The zero-order valence-electron chi connectivity index (χ0n) is 13.7. The van der Waals surface area contributed by atoms with E-state index in [1.807, 2.05) is 25.1 Å². The summed E-state index contributed by atoms with van der Waals surface area (Å²) in [5, 5.41) is 8.30. The highest BCUT2D eigenvalue weighted by Gasteiger charge is 2.17. The maximum Gasteiger partial charge on any atom is 0.226 e. The number of hydrogen-bond acceptors (Lipinski definition) is 7. The van der Waals surface area contributed by atoms with Crippen LogP contribution in [0.2, 0.25) is 0 Å². The maximum atomic E-state index is 14.9. The lowest BCUT2D eigenvalue weighted by molar-refractivity contribution is -0.117. The number of nitrogens with zero attached hydrogens (tertiary/aromatic N) is 3. The molecule has 9 heteroatoms. The number of nitrogens with two attached hydrogens (primary N) is 1. The van der Waals surface area contributed by atoms with Gasteiger partial charge in [0, 0.05) is 15.3 Å². The SMILES string of the molecule is Cc1ccc(-c2ccc3nc(Cc4nnc(CC(N)=O)o4)sc3c2F)s1. The molecule has 132 valence electrons. The number of hydrogen-bond donors (Lipinski definition) is 1. The lowest BCUT2D eigenvalue weighted by Gasteiger charge is -2.00. The Labute approximate surface area is 155 Å². The van der Waals surface area contributed by atoms with Gasteiger partial charge in [-0.25, -0.2) is 9.37 Å². The van der Waals surface area contributed by atoms with Crippen LogP contribution in [0.25, 0.3) is 20.7 Å². The Bertz CT molecular complexity index is 1120. The molecule has 0 bridgehead atoms. The Balaban J connectivity index is 1.64. The zero-order chi connectivity index (χ0) is 18.3. The average molecular weight is 388 g/mol. The van der Waals surface area contributed by atoms with E-state index in [0.717, 1.165) is 9.75 Å². The van der Waals surface area contributed by atoms with Gasteiger partial charge in [0.15, 0.2) is 5.82 Å². The van der Waals surface area contributed by atoms with Crippen molar-refractivity contribution in [2.24, 2.45) is 5.73 Å². The van der Waals surface area contributed by atoms with E-state index in [4.69, 9.17) is 10.2 Å². The summed E-state index contributed by atoms with van der Waals surface area (Å²) in [6.07, 6.45) is 0.170. The van der Waals surface area contributed by atoms with Gasteiger partial charge in [0.2, 0.25) is 17.7 Å². The second-order valence-electron chi connectivity index (χ2n) is 5.70. The number of aromatic nitrogens is 3. The Morgan fingerprint density at radius 1 is 1.19 bits per heavy atom. The predicted octanol–water partition coefficient (Wildman–Crippen LogP) is 3.47. The first-order valence-corrected chi connectivity index (χ1v) is 9.37. The third-order valence-electron chi connectivity index (χ3n) is 3.68. The summed E-state index contributed by atoms with van der Waals surface area (Å²) in [6.45, 7) is 1.99. The van der Waals surface area contributed by atoms with Gasteiger partial charge < -0.3 is 10.2 Å². The normalized spacial score (nSPS) is 11.3. The fourth-order valence-electron chi connectivity index (χ4n) is 2.56. The van der Waals surface area contributed by atoms with Crippen LogP contribution in [-0.2, 0) is 17.6 Å². The van der Waals surface area contributed by atoms with Crippen molar-refractivity contribution in [2.75, 3.05) is 0 Å². The minimum atomic E-state index is -0.543. The molecule has 6 nitrogen and oxygen atoms in total. The number of amides is 1. The molecule has 0 atom stereocenters. The number of primary amides is 1. The largest absolute Gasteiger partial charge is 0.424 e. The van der Waals surface area contributed by atoms with E-state index < -0.39 is 5.91 Å². The van der Waals surface area contributed by atoms with Crippen molar-refractivity contribution in [2.45, 2.75) is 19.8 Å². The highest BCUT2D eigenvalue weighted by atomic mass is 32.1. The van der Waals surface area contributed by atoms with Gasteiger partial charge in [0.1, 0.15) is 11.4 Å². The standard InChI is InChI=1S/C17H13FN4O2S2/c1-8-2-5-11(25-8)9-3-4-10-17(16(9)18)26-15(20-10)7-14-22-21-13(24-14)6-12(19)23/h2-5H,6-7H2,1H3,(H2,19,23). The third-order valence-corrected chi connectivity index (χ3v) is 5.78. The molecule has 0 saturated carbocycles. The summed E-state index contributed by atoms with van der Waals surface area (Å²) in [6, 6.07) is 7.46. The fraction of sp³-hybridized carbons (Fsp3) is 0.176. The molecule has 1 aromatic carbocycles. The van der Waals surface area contributed by atoms with Crippen LogP contribution in [0.5, 0.6) is 0 Å². The van der Waals surface area contributed by atoms with Crippen LogP contribution in [0.3, 0.4) is 0 Å². The molecule has 3 heterocycles. The summed E-state index contributed by atoms with van der Waals surface area (Å²) < 4.78 is 20.8. The van der Waals surface area contributed by atoms with Crippen LogP contribution in [0.1, 0.15) is 21.7 Å². The number of aryl methyl sites for hydroxylation is 1. The first-order valence-electron chi connectivity index (χ1n) is 7.74. The van der Waals surface area contributed by atoms with Gasteiger partial charge in [-0.15, -0.1) is 32.9 Å². The van der Waals surface area contributed by atoms with Gasteiger partial charge in [-0.3, -0.25) is 4.79 Å². The highest BCUT2D eigenvalue weighted by molar-refractivity contribution is 7.18. The van der Waals surface area contributed by atoms with E-state index in [1.165, 1.54) is 11.3 Å². The number of halogens is 1. The van der Waals surface area contributed by atoms with Crippen LogP contribution < -0.4 is 5.73 Å². The Morgan fingerprint density at radius 2 is 2.00 bits per heavy atom. The van der Waals surface area contributed by atoms with E-state index in [1.54, 1.807) is 17.4 Å². The molecule has 2 N–H and O–H groups in total. The second kappa shape index (κ2) is 6.58. The molecule has 4 aromatic rings. The van der Waals surface area contributed by atoms with Crippen LogP contribution in [0, 0.1) is 12.7 Å². The van der Waals surface area contributed by atoms with E-state index in [9.17, 15) is 9.18 Å². The van der Waals surface area contributed by atoms with E-state index in [-0.39, 0.29) is 24.5 Å². The quantitative estimate of drug-likeness (QED) is 0.565. The Hall–Kier alpha value is -2.65. The van der Waals surface area contributed by atoms with E-state index in [0.29, 0.717) is 26.7 Å².